The highest BCUT2D eigenvalue weighted by atomic mass is 35.5. The zero-order chi connectivity index (χ0) is 10.8. The van der Waals surface area contributed by atoms with Gasteiger partial charge in [-0.2, -0.15) is 0 Å². The van der Waals surface area contributed by atoms with Crippen molar-refractivity contribution in [1.29, 1.82) is 0 Å². The van der Waals surface area contributed by atoms with Crippen LogP contribution >= 0.6 is 11.6 Å². The number of nitrogens with zero attached hydrogens (tertiary/aromatic N) is 1. The molecule has 0 saturated carbocycles. The van der Waals surface area contributed by atoms with Gasteiger partial charge < -0.3 is 4.98 Å². The first kappa shape index (κ1) is 10.2. The van der Waals surface area contributed by atoms with Crippen LogP contribution in [0.4, 0.5) is 0 Å². The summed E-state index contributed by atoms with van der Waals surface area (Å²) in [4.78, 5) is 7.13. The molecule has 0 aliphatic carbocycles. The van der Waals surface area contributed by atoms with Crippen molar-refractivity contribution in [2.75, 3.05) is 0 Å². The van der Waals surface area contributed by atoms with Crippen LogP contribution in [0.3, 0.4) is 0 Å². The van der Waals surface area contributed by atoms with Crippen LogP contribution in [0.1, 0.15) is 29.7 Å². The van der Waals surface area contributed by atoms with Gasteiger partial charge >= 0.3 is 0 Å². The summed E-state index contributed by atoms with van der Waals surface area (Å²) in [6, 6.07) is 6.11. The number of hydrogen-bond donors (Lipinski definition) is 1. The van der Waals surface area contributed by atoms with Crippen LogP contribution in [0.15, 0.2) is 30.7 Å². The Balaban J connectivity index is 2.42. The molecular weight excluding hydrogens is 208 g/mol. The Hall–Kier alpha value is -1.28. The summed E-state index contributed by atoms with van der Waals surface area (Å²) >= 11 is 6.27. The fourth-order valence-electron chi connectivity index (χ4n) is 1.68. The van der Waals surface area contributed by atoms with E-state index in [1.54, 1.807) is 6.33 Å². The van der Waals surface area contributed by atoms with E-state index >= 15 is 0 Å². The van der Waals surface area contributed by atoms with Crippen molar-refractivity contribution < 1.29 is 0 Å². The number of hydrogen-bond acceptors (Lipinski definition) is 1. The third-order valence-electron chi connectivity index (χ3n) is 2.67. The SMILES string of the molecule is Cc1cccc(C(C)c2cnc[nH]2)c1Cl. The minimum atomic E-state index is 0.250. The summed E-state index contributed by atoms with van der Waals surface area (Å²) in [6.45, 7) is 4.14. The Bertz CT molecular complexity index is 449. The number of rotatable bonds is 2. The van der Waals surface area contributed by atoms with E-state index in [1.165, 1.54) is 0 Å². The molecule has 15 heavy (non-hydrogen) atoms. The standard InChI is InChI=1S/C12H13ClN2/c1-8-4-3-5-10(12(8)13)9(2)11-6-14-7-15-11/h3-7,9H,1-2H3,(H,14,15). The Kier molecular flexibility index (Phi) is 2.78. The molecule has 0 saturated heterocycles. The van der Waals surface area contributed by atoms with Gasteiger partial charge in [-0.1, -0.05) is 36.7 Å². The maximum atomic E-state index is 6.27. The highest BCUT2D eigenvalue weighted by Gasteiger charge is 2.13. The number of halogens is 1. The first-order valence-electron chi connectivity index (χ1n) is 4.93. The Morgan fingerprint density at radius 3 is 2.87 bits per heavy atom. The van der Waals surface area contributed by atoms with Gasteiger partial charge in [0.15, 0.2) is 0 Å². The molecule has 2 nitrogen and oxygen atoms in total. The van der Waals surface area contributed by atoms with Gasteiger partial charge in [0.2, 0.25) is 0 Å². The molecule has 1 atom stereocenters. The molecule has 0 aliphatic heterocycles. The molecule has 1 N–H and O–H groups in total. The van der Waals surface area contributed by atoms with E-state index in [-0.39, 0.29) is 5.92 Å². The lowest BCUT2D eigenvalue weighted by Gasteiger charge is -2.13. The van der Waals surface area contributed by atoms with Gasteiger partial charge in [-0.3, -0.25) is 0 Å². The molecule has 2 rings (SSSR count). The van der Waals surface area contributed by atoms with E-state index in [4.69, 9.17) is 11.6 Å². The van der Waals surface area contributed by atoms with Crippen molar-refractivity contribution >= 4 is 11.6 Å². The van der Waals surface area contributed by atoms with Gasteiger partial charge in [0.25, 0.3) is 0 Å². The highest BCUT2D eigenvalue weighted by molar-refractivity contribution is 6.32. The first-order chi connectivity index (χ1) is 7.20. The predicted octanol–water partition coefficient (Wildman–Crippen LogP) is 3.52. The molecule has 1 unspecified atom stereocenters. The predicted molar refractivity (Wildman–Crippen MR) is 62.3 cm³/mol. The smallest absolute Gasteiger partial charge is 0.0921 e. The molecule has 2 aromatic rings. The molecule has 3 heteroatoms. The topological polar surface area (TPSA) is 28.7 Å². The molecule has 0 aliphatic rings. The van der Waals surface area contributed by atoms with Crippen LogP contribution in [0.25, 0.3) is 0 Å². The summed E-state index contributed by atoms with van der Waals surface area (Å²) < 4.78 is 0. The Morgan fingerprint density at radius 1 is 1.40 bits per heavy atom. The number of aryl methyl sites for hydroxylation is 1. The summed E-state index contributed by atoms with van der Waals surface area (Å²) in [5.74, 6) is 0.250. The zero-order valence-corrected chi connectivity index (χ0v) is 9.55. The van der Waals surface area contributed by atoms with Crippen molar-refractivity contribution in [3.8, 4) is 0 Å². The summed E-state index contributed by atoms with van der Waals surface area (Å²) in [5, 5.41) is 0.847. The van der Waals surface area contributed by atoms with Crippen LogP contribution in [-0.4, -0.2) is 9.97 Å². The first-order valence-corrected chi connectivity index (χ1v) is 5.31. The van der Waals surface area contributed by atoms with Crippen LogP contribution in [0.5, 0.6) is 0 Å². The summed E-state index contributed by atoms with van der Waals surface area (Å²) in [6.07, 6.45) is 3.53. The van der Waals surface area contributed by atoms with Crippen molar-refractivity contribution in [3.05, 3.63) is 52.6 Å². The van der Waals surface area contributed by atoms with Gasteiger partial charge in [-0.25, -0.2) is 4.98 Å². The number of aromatic nitrogens is 2. The molecule has 0 spiro atoms. The molecule has 78 valence electrons. The number of nitrogens with one attached hydrogen (secondary N) is 1. The maximum Gasteiger partial charge on any atom is 0.0921 e. The molecule has 1 aromatic heterocycles. The van der Waals surface area contributed by atoms with E-state index in [2.05, 4.69) is 23.0 Å². The fourth-order valence-corrected chi connectivity index (χ4v) is 1.97. The molecule has 0 fully saturated rings. The van der Waals surface area contributed by atoms with Crippen LogP contribution in [0.2, 0.25) is 5.02 Å². The summed E-state index contributed by atoms with van der Waals surface area (Å²) in [5.41, 5.74) is 3.34. The van der Waals surface area contributed by atoms with Crippen LogP contribution in [0, 0.1) is 6.92 Å². The fraction of sp³-hybridized carbons (Fsp3) is 0.250. The molecule has 1 aromatic carbocycles. The van der Waals surface area contributed by atoms with E-state index in [0.717, 1.165) is 21.8 Å². The highest BCUT2D eigenvalue weighted by Crippen LogP contribution is 2.30. The monoisotopic (exact) mass is 220 g/mol. The maximum absolute atomic E-state index is 6.27. The van der Waals surface area contributed by atoms with Crippen molar-refractivity contribution in [1.82, 2.24) is 9.97 Å². The Labute approximate surface area is 94.3 Å². The number of aromatic amines is 1. The average molecular weight is 221 g/mol. The van der Waals surface area contributed by atoms with Crippen molar-refractivity contribution in [2.45, 2.75) is 19.8 Å². The van der Waals surface area contributed by atoms with Crippen molar-refractivity contribution in [3.63, 3.8) is 0 Å². The van der Waals surface area contributed by atoms with Gasteiger partial charge in [0, 0.05) is 22.8 Å². The van der Waals surface area contributed by atoms with Crippen LogP contribution in [-0.2, 0) is 0 Å². The van der Waals surface area contributed by atoms with Gasteiger partial charge in [-0.05, 0) is 18.1 Å². The molecule has 0 bridgehead atoms. The quantitative estimate of drug-likeness (QED) is 0.824. The third-order valence-corrected chi connectivity index (χ3v) is 3.19. The lowest BCUT2D eigenvalue weighted by Crippen LogP contribution is -1.98. The van der Waals surface area contributed by atoms with Gasteiger partial charge in [-0.15, -0.1) is 0 Å². The number of benzene rings is 1. The second kappa shape index (κ2) is 4.07. The third kappa shape index (κ3) is 1.90. The number of H-pyrrole nitrogens is 1. The molecule has 0 radical (unpaired) electrons. The van der Waals surface area contributed by atoms with E-state index in [0.29, 0.717) is 0 Å². The average Bonchev–Trinajstić information content (AvgIpc) is 2.74. The molecule has 1 heterocycles. The minimum absolute atomic E-state index is 0.250. The van der Waals surface area contributed by atoms with E-state index < -0.39 is 0 Å². The largest absolute Gasteiger partial charge is 0.348 e. The second-order valence-corrected chi connectivity index (χ2v) is 4.08. The lowest BCUT2D eigenvalue weighted by atomic mass is 9.97. The van der Waals surface area contributed by atoms with Crippen molar-refractivity contribution in [2.24, 2.45) is 0 Å². The minimum Gasteiger partial charge on any atom is -0.348 e. The molecule has 0 amide bonds. The normalized spacial score (nSPS) is 12.7. The zero-order valence-electron chi connectivity index (χ0n) is 8.79. The Morgan fingerprint density at radius 2 is 2.20 bits per heavy atom. The van der Waals surface area contributed by atoms with Gasteiger partial charge in [0.1, 0.15) is 0 Å². The van der Waals surface area contributed by atoms with Gasteiger partial charge in [0.05, 0.1) is 6.33 Å². The lowest BCUT2D eigenvalue weighted by molar-refractivity contribution is 0.882. The second-order valence-electron chi connectivity index (χ2n) is 3.71. The van der Waals surface area contributed by atoms with Crippen LogP contribution < -0.4 is 0 Å². The van der Waals surface area contributed by atoms with E-state index in [9.17, 15) is 0 Å². The molecular formula is C12H13ClN2. The van der Waals surface area contributed by atoms with E-state index in [1.807, 2.05) is 25.3 Å². The summed E-state index contributed by atoms with van der Waals surface area (Å²) in [7, 11) is 0. The number of imidazole rings is 1.